The average Bonchev–Trinajstić information content (AvgIpc) is 2.40. The summed E-state index contributed by atoms with van der Waals surface area (Å²) in [4.78, 5) is 0. The molecule has 0 amide bonds. The maximum atomic E-state index is 5.99. The van der Waals surface area contributed by atoms with E-state index in [1.54, 1.807) is 0 Å². The van der Waals surface area contributed by atoms with E-state index >= 15 is 0 Å². The first-order valence-corrected chi connectivity index (χ1v) is 7.18. The molecule has 0 aliphatic carbocycles. The lowest BCUT2D eigenvalue weighted by atomic mass is 10.0. The number of hydrogen-bond donors (Lipinski definition) is 1. The summed E-state index contributed by atoms with van der Waals surface area (Å²) >= 11 is 5.99. The fourth-order valence-corrected chi connectivity index (χ4v) is 2.36. The van der Waals surface area contributed by atoms with Crippen molar-refractivity contribution < 1.29 is 0 Å². The molecule has 0 radical (unpaired) electrons. The van der Waals surface area contributed by atoms with Crippen molar-refractivity contribution in [3.8, 4) is 0 Å². The molecule has 0 bridgehead atoms. The highest BCUT2D eigenvalue weighted by Crippen LogP contribution is 2.22. The van der Waals surface area contributed by atoms with Gasteiger partial charge < -0.3 is 5.32 Å². The van der Waals surface area contributed by atoms with Crippen molar-refractivity contribution in [3.63, 3.8) is 0 Å². The number of halogens is 1. The highest BCUT2D eigenvalue weighted by atomic mass is 35.5. The van der Waals surface area contributed by atoms with Gasteiger partial charge in [-0.3, -0.25) is 0 Å². The van der Waals surface area contributed by atoms with Crippen LogP contribution in [-0.4, -0.2) is 0 Å². The smallest absolute Gasteiger partial charge is 0.0485 e. The standard InChI is InChI=1S/C17H20ClN/c1-3-5-14-8-10-15(11-9-14)13(2)19-17-7-4-6-16(18)12-17/h4,6-13,19H,3,5H2,1-2H3. The summed E-state index contributed by atoms with van der Waals surface area (Å²) < 4.78 is 0. The molecule has 0 heterocycles. The van der Waals surface area contributed by atoms with Crippen LogP contribution in [0.1, 0.15) is 37.4 Å². The molecule has 0 spiro atoms. The van der Waals surface area contributed by atoms with Crippen molar-refractivity contribution in [1.29, 1.82) is 0 Å². The normalized spacial score (nSPS) is 12.2. The first-order valence-electron chi connectivity index (χ1n) is 6.80. The molecule has 1 unspecified atom stereocenters. The predicted molar refractivity (Wildman–Crippen MR) is 83.9 cm³/mol. The monoisotopic (exact) mass is 273 g/mol. The summed E-state index contributed by atoms with van der Waals surface area (Å²) in [6.07, 6.45) is 2.34. The Balaban J connectivity index is 2.05. The third-order valence-electron chi connectivity index (χ3n) is 3.23. The van der Waals surface area contributed by atoms with Crippen LogP contribution in [0.3, 0.4) is 0 Å². The molecule has 0 aromatic heterocycles. The van der Waals surface area contributed by atoms with Crippen molar-refractivity contribution in [3.05, 3.63) is 64.7 Å². The zero-order valence-electron chi connectivity index (χ0n) is 11.5. The molecular weight excluding hydrogens is 254 g/mol. The summed E-state index contributed by atoms with van der Waals surface area (Å²) in [6.45, 7) is 4.37. The Morgan fingerprint density at radius 1 is 1.11 bits per heavy atom. The van der Waals surface area contributed by atoms with Crippen LogP contribution < -0.4 is 5.32 Å². The molecule has 1 atom stereocenters. The van der Waals surface area contributed by atoms with Crippen molar-refractivity contribution in [2.75, 3.05) is 5.32 Å². The van der Waals surface area contributed by atoms with Gasteiger partial charge in [0.05, 0.1) is 0 Å². The molecule has 2 rings (SSSR count). The minimum atomic E-state index is 0.272. The third-order valence-corrected chi connectivity index (χ3v) is 3.46. The van der Waals surface area contributed by atoms with Gasteiger partial charge in [-0.15, -0.1) is 0 Å². The van der Waals surface area contributed by atoms with Crippen LogP contribution in [0.2, 0.25) is 5.02 Å². The van der Waals surface area contributed by atoms with Crippen LogP contribution in [0.15, 0.2) is 48.5 Å². The Morgan fingerprint density at radius 2 is 1.84 bits per heavy atom. The van der Waals surface area contributed by atoms with E-state index < -0.39 is 0 Å². The zero-order chi connectivity index (χ0) is 13.7. The van der Waals surface area contributed by atoms with E-state index in [0.717, 1.165) is 17.1 Å². The summed E-state index contributed by atoms with van der Waals surface area (Å²) in [7, 11) is 0. The Hall–Kier alpha value is -1.47. The summed E-state index contributed by atoms with van der Waals surface area (Å²) in [6, 6.07) is 16.9. The van der Waals surface area contributed by atoms with Crippen LogP contribution in [0.5, 0.6) is 0 Å². The molecular formula is C17H20ClN. The number of rotatable bonds is 5. The maximum absolute atomic E-state index is 5.99. The van der Waals surface area contributed by atoms with Crippen molar-refractivity contribution in [1.82, 2.24) is 0 Å². The fourth-order valence-electron chi connectivity index (χ4n) is 2.17. The lowest BCUT2D eigenvalue weighted by Crippen LogP contribution is -2.06. The maximum Gasteiger partial charge on any atom is 0.0485 e. The van der Waals surface area contributed by atoms with E-state index in [9.17, 15) is 0 Å². The van der Waals surface area contributed by atoms with Crippen LogP contribution >= 0.6 is 11.6 Å². The van der Waals surface area contributed by atoms with E-state index in [2.05, 4.69) is 43.4 Å². The second kappa shape index (κ2) is 6.63. The lowest BCUT2D eigenvalue weighted by molar-refractivity contribution is 0.876. The largest absolute Gasteiger partial charge is 0.378 e. The van der Waals surface area contributed by atoms with Gasteiger partial charge in [-0.05, 0) is 42.7 Å². The molecule has 19 heavy (non-hydrogen) atoms. The van der Waals surface area contributed by atoms with Gasteiger partial charge >= 0.3 is 0 Å². The Kier molecular flexibility index (Phi) is 4.86. The molecule has 0 saturated carbocycles. The van der Waals surface area contributed by atoms with Crippen molar-refractivity contribution >= 4 is 17.3 Å². The molecule has 100 valence electrons. The molecule has 0 saturated heterocycles. The molecule has 2 aromatic rings. The minimum Gasteiger partial charge on any atom is -0.378 e. The SMILES string of the molecule is CCCc1ccc(C(C)Nc2cccc(Cl)c2)cc1. The average molecular weight is 274 g/mol. The minimum absolute atomic E-state index is 0.272. The topological polar surface area (TPSA) is 12.0 Å². The van der Waals surface area contributed by atoms with Crippen LogP contribution in [0.4, 0.5) is 5.69 Å². The van der Waals surface area contributed by atoms with Gasteiger partial charge in [-0.25, -0.2) is 0 Å². The van der Waals surface area contributed by atoms with Crippen LogP contribution in [-0.2, 0) is 6.42 Å². The summed E-state index contributed by atoms with van der Waals surface area (Å²) in [5.41, 5.74) is 3.75. The van der Waals surface area contributed by atoms with E-state index in [0.29, 0.717) is 0 Å². The number of aryl methyl sites for hydroxylation is 1. The predicted octanol–water partition coefficient (Wildman–Crippen LogP) is 5.47. The van der Waals surface area contributed by atoms with E-state index in [1.807, 2.05) is 24.3 Å². The molecule has 2 heteroatoms. The molecule has 1 N–H and O–H groups in total. The highest BCUT2D eigenvalue weighted by molar-refractivity contribution is 6.30. The lowest BCUT2D eigenvalue weighted by Gasteiger charge is -2.16. The zero-order valence-corrected chi connectivity index (χ0v) is 12.2. The number of nitrogens with one attached hydrogen (secondary N) is 1. The van der Waals surface area contributed by atoms with E-state index in [4.69, 9.17) is 11.6 Å². The van der Waals surface area contributed by atoms with Gasteiger partial charge in [0.2, 0.25) is 0 Å². The first kappa shape index (κ1) is 14.0. The molecule has 0 aliphatic rings. The second-order valence-electron chi connectivity index (χ2n) is 4.87. The number of hydrogen-bond acceptors (Lipinski definition) is 1. The van der Waals surface area contributed by atoms with E-state index in [-0.39, 0.29) is 6.04 Å². The van der Waals surface area contributed by atoms with Gasteiger partial charge in [0, 0.05) is 16.8 Å². The van der Waals surface area contributed by atoms with Crippen molar-refractivity contribution in [2.45, 2.75) is 32.7 Å². The quantitative estimate of drug-likeness (QED) is 0.762. The van der Waals surface area contributed by atoms with Gasteiger partial charge in [0.25, 0.3) is 0 Å². The van der Waals surface area contributed by atoms with Crippen LogP contribution in [0.25, 0.3) is 0 Å². The van der Waals surface area contributed by atoms with Crippen LogP contribution in [0, 0.1) is 0 Å². The molecule has 0 aliphatic heterocycles. The Morgan fingerprint density at radius 3 is 2.47 bits per heavy atom. The Bertz CT molecular complexity index is 519. The fraction of sp³-hybridized carbons (Fsp3) is 0.294. The van der Waals surface area contributed by atoms with E-state index in [1.165, 1.54) is 17.5 Å². The Labute approximate surface area is 120 Å². The third kappa shape index (κ3) is 4.00. The first-order chi connectivity index (χ1) is 9.19. The summed E-state index contributed by atoms with van der Waals surface area (Å²) in [5, 5.41) is 4.23. The summed E-state index contributed by atoms with van der Waals surface area (Å²) in [5.74, 6) is 0. The highest BCUT2D eigenvalue weighted by Gasteiger charge is 2.05. The molecule has 0 fully saturated rings. The van der Waals surface area contributed by atoms with Gasteiger partial charge in [0.15, 0.2) is 0 Å². The number of anilines is 1. The van der Waals surface area contributed by atoms with Gasteiger partial charge in [0.1, 0.15) is 0 Å². The molecule has 1 nitrogen and oxygen atoms in total. The molecule has 2 aromatic carbocycles. The van der Waals surface area contributed by atoms with Gasteiger partial charge in [-0.1, -0.05) is 55.3 Å². The number of benzene rings is 2. The van der Waals surface area contributed by atoms with Gasteiger partial charge in [-0.2, -0.15) is 0 Å². The second-order valence-corrected chi connectivity index (χ2v) is 5.30. The van der Waals surface area contributed by atoms with Crippen molar-refractivity contribution in [2.24, 2.45) is 0 Å².